The molecule has 1 unspecified atom stereocenters. The fourth-order valence-electron chi connectivity index (χ4n) is 1.44. The molecule has 0 heterocycles. The first-order valence-corrected chi connectivity index (χ1v) is 7.16. The summed E-state index contributed by atoms with van der Waals surface area (Å²) in [4.78, 5) is 23.6. The van der Waals surface area contributed by atoms with E-state index in [1.54, 1.807) is 20.8 Å². The summed E-state index contributed by atoms with van der Waals surface area (Å²) in [6.07, 6.45) is 2.21. The van der Waals surface area contributed by atoms with Gasteiger partial charge in [0, 0.05) is 0 Å². The number of amides is 1. The lowest BCUT2D eigenvalue weighted by Gasteiger charge is -2.22. The summed E-state index contributed by atoms with van der Waals surface area (Å²) in [5.74, 6) is -0.433. The average molecular weight is 288 g/mol. The van der Waals surface area contributed by atoms with Gasteiger partial charge in [0.1, 0.15) is 11.6 Å². The molecule has 1 atom stereocenters. The quantitative estimate of drug-likeness (QED) is 0.526. The van der Waals surface area contributed by atoms with E-state index in [0.29, 0.717) is 26.0 Å². The molecule has 0 saturated heterocycles. The van der Waals surface area contributed by atoms with Crippen LogP contribution in [-0.2, 0) is 14.3 Å². The van der Waals surface area contributed by atoms with Crippen LogP contribution in [0, 0.1) is 0 Å². The number of alkyl carbamates (subject to hydrolysis) is 1. The molecule has 0 aliphatic carbocycles. The topological polar surface area (TPSA) is 90.6 Å². The van der Waals surface area contributed by atoms with Crippen molar-refractivity contribution in [3.8, 4) is 0 Å². The Morgan fingerprint density at radius 1 is 1.25 bits per heavy atom. The Labute approximate surface area is 121 Å². The summed E-state index contributed by atoms with van der Waals surface area (Å²) < 4.78 is 10.3. The molecule has 0 aliphatic heterocycles. The van der Waals surface area contributed by atoms with Gasteiger partial charge in [-0.25, -0.2) is 9.59 Å². The van der Waals surface area contributed by atoms with Crippen LogP contribution in [0.2, 0.25) is 0 Å². The second kappa shape index (κ2) is 9.58. The van der Waals surface area contributed by atoms with Crippen molar-refractivity contribution in [1.82, 2.24) is 5.32 Å². The minimum Gasteiger partial charge on any atom is -0.464 e. The SMILES string of the molecule is CCCCOC(=O)C(CCCN)NC(=O)OC(C)(C)C. The number of esters is 1. The van der Waals surface area contributed by atoms with E-state index in [2.05, 4.69) is 5.32 Å². The Hall–Kier alpha value is -1.30. The Bertz CT molecular complexity index is 300. The lowest BCUT2D eigenvalue weighted by atomic mass is 10.1. The van der Waals surface area contributed by atoms with Gasteiger partial charge in [0.05, 0.1) is 6.61 Å². The molecule has 0 radical (unpaired) electrons. The lowest BCUT2D eigenvalue weighted by Crippen LogP contribution is -2.44. The van der Waals surface area contributed by atoms with Crippen LogP contribution in [0.4, 0.5) is 4.79 Å². The Morgan fingerprint density at radius 3 is 2.40 bits per heavy atom. The van der Waals surface area contributed by atoms with E-state index in [9.17, 15) is 9.59 Å². The molecule has 0 saturated carbocycles. The van der Waals surface area contributed by atoms with E-state index in [1.165, 1.54) is 0 Å². The molecule has 6 heteroatoms. The molecule has 0 aromatic rings. The Kier molecular flexibility index (Phi) is 8.96. The zero-order chi connectivity index (χ0) is 15.6. The van der Waals surface area contributed by atoms with Crippen LogP contribution in [0.1, 0.15) is 53.4 Å². The Morgan fingerprint density at radius 2 is 1.90 bits per heavy atom. The number of unbranched alkanes of at least 4 members (excludes halogenated alkanes) is 1. The van der Waals surface area contributed by atoms with E-state index >= 15 is 0 Å². The third-order valence-corrected chi connectivity index (χ3v) is 2.41. The maximum atomic E-state index is 11.9. The predicted octanol–water partition coefficient (Wildman–Crippen LogP) is 1.96. The number of hydrogen-bond donors (Lipinski definition) is 2. The highest BCUT2D eigenvalue weighted by Crippen LogP contribution is 2.08. The van der Waals surface area contributed by atoms with Crippen molar-refractivity contribution in [3.05, 3.63) is 0 Å². The summed E-state index contributed by atoms with van der Waals surface area (Å²) in [5.41, 5.74) is 4.83. The molecule has 0 aromatic carbocycles. The standard InChI is InChI=1S/C14H28N2O4/c1-5-6-10-19-12(17)11(8-7-9-15)16-13(18)20-14(2,3)4/h11H,5-10,15H2,1-4H3,(H,16,18). The molecule has 3 N–H and O–H groups in total. The fourth-order valence-corrected chi connectivity index (χ4v) is 1.44. The summed E-state index contributed by atoms with van der Waals surface area (Å²) in [6, 6.07) is -0.703. The van der Waals surface area contributed by atoms with Crippen molar-refractivity contribution >= 4 is 12.1 Å². The van der Waals surface area contributed by atoms with Crippen LogP contribution in [0.15, 0.2) is 0 Å². The molecular formula is C14H28N2O4. The molecule has 0 bridgehead atoms. The van der Waals surface area contributed by atoms with Gasteiger partial charge in [0.25, 0.3) is 0 Å². The van der Waals surface area contributed by atoms with E-state index in [4.69, 9.17) is 15.2 Å². The summed E-state index contributed by atoms with van der Waals surface area (Å²) in [7, 11) is 0. The van der Waals surface area contributed by atoms with Crippen LogP contribution in [0.5, 0.6) is 0 Å². The van der Waals surface area contributed by atoms with E-state index < -0.39 is 23.7 Å². The van der Waals surface area contributed by atoms with Crippen molar-refractivity contribution in [2.75, 3.05) is 13.2 Å². The van der Waals surface area contributed by atoms with E-state index in [1.807, 2.05) is 6.92 Å². The van der Waals surface area contributed by atoms with E-state index in [-0.39, 0.29) is 0 Å². The van der Waals surface area contributed by atoms with Crippen LogP contribution in [0.25, 0.3) is 0 Å². The smallest absolute Gasteiger partial charge is 0.408 e. The normalized spacial score (nSPS) is 12.7. The highest BCUT2D eigenvalue weighted by molar-refractivity contribution is 5.81. The van der Waals surface area contributed by atoms with Crippen molar-refractivity contribution in [2.45, 2.75) is 65.0 Å². The van der Waals surface area contributed by atoms with Crippen molar-refractivity contribution in [2.24, 2.45) is 5.73 Å². The number of rotatable bonds is 8. The Balaban J connectivity index is 4.39. The van der Waals surface area contributed by atoms with Crippen LogP contribution >= 0.6 is 0 Å². The molecule has 0 spiro atoms. The van der Waals surface area contributed by atoms with Crippen molar-refractivity contribution < 1.29 is 19.1 Å². The third-order valence-electron chi connectivity index (χ3n) is 2.41. The van der Waals surface area contributed by atoms with Crippen molar-refractivity contribution in [3.63, 3.8) is 0 Å². The lowest BCUT2D eigenvalue weighted by molar-refractivity contribution is -0.146. The molecular weight excluding hydrogens is 260 g/mol. The molecule has 118 valence electrons. The first-order chi connectivity index (χ1) is 9.30. The molecule has 0 fully saturated rings. The second-order valence-corrected chi connectivity index (χ2v) is 5.65. The van der Waals surface area contributed by atoms with Gasteiger partial charge < -0.3 is 20.5 Å². The van der Waals surface area contributed by atoms with Crippen LogP contribution in [0.3, 0.4) is 0 Å². The molecule has 1 amide bonds. The third kappa shape index (κ3) is 9.61. The molecule has 20 heavy (non-hydrogen) atoms. The van der Waals surface area contributed by atoms with Gasteiger partial charge in [-0.05, 0) is 46.6 Å². The number of ether oxygens (including phenoxy) is 2. The number of nitrogens with two attached hydrogens (primary N) is 1. The number of nitrogens with one attached hydrogen (secondary N) is 1. The largest absolute Gasteiger partial charge is 0.464 e. The summed E-state index contributed by atoms with van der Waals surface area (Å²) >= 11 is 0. The second-order valence-electron chi connectivity index (χ2n) is 5.65. The van der Waals surface area contributed by atoms with Gasteiger partial charge in [-0.15, -0.1) is 0 Å². The van der Waals surface area contributed by atoms with Crippen LogP contribution < -0.4 is 11.1 Å². The number of hydrogen-bond acceptors (Lipinski definition) is 5. The van der Waals surface area contributed by atoms with Crippen LogP contribution in [-0.4, -0.2) is 36.9 Å². The number of carbonyl (C=O) groups is 2. The van der Waals surface area contributed by atoms with Gasteiger partial charge >= 0.3 is 12.1 Å². The minimum absolute atomic E-state index is 0.366. The maximum absolute atomic E-state index is 11.9. The first-order valence-electron chi connectivity index (χ1n) is 7.16. The van der Waals surface area contributed by atoms with Gasteiger partial charge in [-0.3, -0.25) is 0 Å². The molecule has 0 aliphatic rings. The molecule has 0 rings (SSSR count). The number of carbonyl (C=O) groups excluding carboxylic acids is 2. The highest BCUT2D eigenvalue weighted by atomic mass is 16.6. The van der Waals surface area contributed by atoms with Gasteiger partial charge in [0.2, 0.25) is 0 Å². The average Bonchev–Trinajstić information content (AvgIpc) is 2.32. The molecule has 0 aromatic heterocycles. The maximum Gasteiger partial charge on any atom is 0.408 e. The zero-order valence-corrected chi connectivity index (χ0v) is 13.0. The van der Waals surface area contributed by atoms with Crippen molar-refractivity contribution in [1.29, 1.82) is 0 Å². The summed E-state index contributed by atoms with van der Waals surface area (Å²) in [5, 5.41) is 2.54. The van der Waals surface area contributed by atoms with E-state index in [0.717, 1.165) is 12.8 Å². The molecule has 6 nitrogen and oxygen atoms in total. The fraction of sp³-hybridized carbons (Fsp3) is 0.857. The highest BCUT2D eigenvalue weighted by Gasteiger charge is 2.24. The van der Waals surface area contributed by atoms with Gasteiger partial charge in [-0.2, -0.15) is 0 Å². The monoisotopic (exact) mass is 288 g/mol. The zero-order valence-electron chi connectivity index (χ0n) is 13.0. The minimum atomic E-state index is -0.703. The first kappa shape index (κ1) is 18.7. The summed E-state index contributed by atoms with van der Waals surface area (Å²) in [6.45, 7) is 8.13. The van der Waals surface area contributed by atoms with Gasteiger partial charge in [0.15, 0.2) is 0 Å². The van der Waals surface area contributed by atoms with Gasteiger partial charge in [-0.1, -0.05) is 13.3 Å². The predicted molar refractivity (Wildman–Crippen MR) is 77.3 cm³/mol.